The minimum atomic E-state index is -0.664. The normalized spacial score (nSPS) is 11.2. The molecule has 0 saturated carbocycles. The molecule has 0 N–H and O–H groups in total. The van der Waals surface area contributed by atoms with E-state index in [0.29, 0.717) is 11.3 Å². The van der Waals surface area contributed by atoms with Crippen LogP contribution in [0.15, 0.2) is 29.0 Å². The van der Waals surface area contributed by atoms with Crippen LogP contribution in [0, 0.1) is 12.3 Å². The molecule has 0 unspecified atom stereocenters. The molecular weight excluding hydrogens is 280 g/mol. The minimum Gasteiger partial charge on any atom is -0.473 e. The average Bonchev–Trinajstić information content (AvgIpc) is 2.28. The smallest absolute Gasteiger partial charge is 0.163 e. The molecule has 0 aliphatic rings. The standard InChI is InChI=1S/C13H11BrN2O/c1-4-13(2,3)17-11-5-6-15-10-7-9(14)8-16-12(10)11/h1,5-8H,2-3H3. The summed E-state index contributed by atoms with van der Waals surface area (Å²) in [6, 6.07) is 3.65. The van der Waals surface area contributed by atoms with Gasteiger partial charge in [-0.1, -0.05) is 5.92 Å². The van der Waals surface area contributed by atoms with Gasteiger partial charge in [-0.2, -0.15) is 0 Å². The van der Waals surface area contributed by atoms with Crippen molar-refractivity contribution in [3.05, 3.63) is 29.0 Å². The van der Waals surface area contributed by atoms with Gasteiger partial charge in [0.2, 0.25) is 0 Å². The summed E-state index contributed by atoms with van der Waals surface area (Å²) in [7, 11) is 0. The maximum absolute atomic E-state index is 5.75. The van der Waals surface area contributed by atoms with Crippen LogP contribution in [0.4, 0.5) is 0 Å². The topological polar surface area (TPSA) is 35.0 Å². The van der Waals surface area contributed by atoms with Crippen LogP contribution >= 0.6 is 15.9 Å². The van der Waals surface area contributed by atoms with E-state index in [1.807, 2.05) is 19.9 Å². The second-order valence-electron chi connectivity index (χ2n) is 4.09. The largest absolute Gasteiger partial charge is 0.473 e. The van der Waals surface area contributed by atoms with Gasteiger partial charge in [-0.15, -0.1) is 6.42 Å². The molecule has 2 heterocycles. The predicted octanol–water partition coefficient (Wildman–Crippen LogP) is 3.18. The second-order valence-corrected chi connectivity index (χ2v) is 5.00. The highest BCUT2D eigenvalue weighted by atomic mass is 79.9. The summed E-state index contributed by atoms with van der Waals surface area (Å²) in [5.41, 5.74) is 0.812. The second kappa shape index (κ2) is 4.34. The number of terminal acetylenes is 1. The van der Waals surface area contributed by atoms with Crippen LogP contribution in [0.3, 0.4) is 0 Å². The molecule has 0 saturated heterocycles. The van der Waals surface area contributed by atoms with E-state index in [9.17, 15) is 0 Å². The van der Waals surface area contributed by atoms with Crippen LogP contribution in [0.1, 0.15) is 13.8 Å². The van der Waals surface area contributed by atoms with E-state index >= 15 is 0 Å². The lowest BCUT2D eigenvalue weighted by Gasteiger charge is -2.20. The molecule has 2 aromatic rings. The number of nitrogens with zero attached hydrogens (tertiary/aromatic N) is 2. The van der Waals surface area contributed by atoms with Crippen molar-refractivity contribution < 1.29 is 4.74 Å². The lowest BCUT2D eigenvalue weighted by Crippen LogP contribution is -2.25. The van der Waals surface area contributed by atoms with Crippen LogP contribution in [0.2, 0.25) is 0 Å². The quantitative estimate of drug-likeness (QED) is 0.797. The summed E-state index contributed by atoms with van der Waals surface area (Å²) in [4.78, 5) is 8.53. The van der Waals surface area contributed by atoms with Crippen molar-refractivity contribution in [1.29, 1.82) is 0 Å². The summed E-state index contributed by atoms with van der Waals surface area (Å²) < 4.78 is 6.63. The van der Waals surface area contributed by atoms with Crippen molar-refractivity contribution in [2.45, 2.75) is 19.4 Å². The Hall–Kier alpha value is -1.60. The first-order valence-corrected chi connectivity index (χ1v) is 5.88. The highest BCUT2D eigenvalue weighted by molar-refractivity contribution is 9.10. The molecule has 17 heavy (non-hydrogen) atoms. The Morgan fingerprint density at radius 2 is 2.18 bits per heavy atom. The van der Waals surface area contributed by atoms with Gasteiger partial charge in [-0.25, -0.2) is 4.98 Å². The Labute approximate surface area is 108 Å². The lowest BCUT2D eigenvalue weighted by atomic mass is 10.1. The third-order valence-electron chi connectivity index (χ3n) is 2.22. The van der Waals surface area contributed by atoms with Gasteiger partial charge < -0.3 is 4.74 Å². The zero-order chi connectivity index (χ0) is 12.5. The number of hydrogen-bond donors (Lipinski definition) is 0. The molecule has 0 aliphatic carbocycles. The number of hydrogen-bond acceptors (Lipinski definition) is 3. The summed E-state index contributed by atoms with van der Waals surface area (Å²) in [5.74, 6) is 3.23. The zero-order valence-corrected chi connectivity index (χ0v) is 11.2. The summed E-state index contributed by atoms with van der Waals surface area (Å²) in [5, 5.41) is 0. The highest BCUT2D eigenvalue weighted by Gasteiger charge is 2.17. The number of fused-ring (bicyclic) bond motifs is 1. The molecule has 0 radical (unpaired) electrons. The maximum Gasteiger partial charge on any atom is 0.163 e. The van der Waals surface area contributed by atoms with Gasteiger partial charge in [-0.05, 0) is 35.8 Å². The molecule has 4 heteroatoms. The van der Waals surface area contributed by atoms with Crippen LogP contribution < -0.4 is 4.74 Å². The Bertz CT molecular complexity index is 602. The molecule has 0 aliphatic heterocycles. The van der Waals surface area contributed by atoms with E-state index in [1.165, 1.54) is 0 Å². The molecule has 0 amide bonds. The van der Waals surface area contributed by atoms with Gasteiger partial charge in [0.15, 0.2) is 11.4 Å². The fraction of sp³-hybridized carbons (Fsp3) is 0.231. The van der Waals surface area contributed by atoms with Crippen molar-refractivity contribution in [3.8, 4) is 18.1 Å². The predicted molar refractivity (Wildman–Crippen MR) is 70.8 cm³/mol. The molecule has 0 bridgehead atoms. The van der Waals surface area contributed by atoms with Gasteiger partial charge in [0.25, 0.3) is 0 Å². The van der Waals surface area contributed by atoms with Gasteiger partial charge in [-0.3, -0.25) is 4.98 Å². The molecule has 3 nitrogen and oxygen atoms in total. The third kappa shape index (κ3) is 2.56. The third-order valence-corrected chi connectivity index (χ3v) is 2.65. The lowest BCUT2D eigenvalue weighted by molar-refractivity contribution is 0.174. The fourth-order valence-electron chi connectivity index (χ4n) is 1.37. The van der Waals surface area contributed by atoms with Gasteiger partial charge in [0, 0.05) is 22.9 Å². The maximum atomic E-state index is 5.75. The summed E-state index contributed by atoms with van der Waals surface area (Å²) >= 11 is 3.36. The summed E-state index contributed by atoms with van der Waals surface area (Å²) in [6.45, 7) is 3.66. The van der Waals surface area contributed by atoms with Gasteiger partial charge in [0.05, 0.1) is 5.52 Å². The first-order valence-electron chi connectivity index (χ1n) is 5.09. The van der Waals surface area contributed by atoms with E-state index in [4.69, 9.17) is 11.2 Å². The molecule has 0 fully saturated rings. The Kier molecular flexibility index (Phi) is 3.03. The van der Waals surface area contributed by atoms with Crippen LogP contribution in [-0.4, -0.2) is 15.6 Å². The van der Waals surface area contributed by atoms with Crippen LogP contribution in [0.25, 0.3) is 11.0 Å². The SMILES string of the molecule is C#CC(C)(C)Oc1ccnc2cc(Br)cnc12. The zero-order valence-electron chi connectivity index (χ0n) is 9.57. The monoisotopic (exact) mass is 290 g/mol. The first kappa shape index (κ1) is 11.9. The molecular formula is C13H11BrN2O. The van der Waals surface area contributed by atoms with Crippen molar-refractivity contribution in [1.82, 2.24) is 9.97 Å². The summed E-state index contributed by atoms with van der Waals surface area (Å²) in [6.07, 6.45) is 8.79. The van der Waals surface area contributed by atoms with Gasteiger partial charge in [0.1, 0.15) is 5.52 Å². The minimum absolute atomic E-state index is 0.644. The average molecular weight is 291 g/mol. The van der Waals surface area contributed by atoms with Crippen LogP contribution in [0.5, 0.6) is 5.75 Å². The Balaban J connectivity index is 2.52. The van der Waals surface area contributed by atoms with E-state index in [0.717, 1.165) is 9.99 Å². The molecule has 2 aromatic heterocycles. The van der Waals surface area contributed by atoms with Gasteiger partial charge >= 0.3 is 0 Å². The number of aromatic nitrogens is 2. The van der Waals surface area contributed by atoms with Crippen LogP contribution in [-0.2, 0) is 0 Å². The molecule has 0 spiro atoms. The van der Waals surface area contributed by atoms with E-state index in [2.05, 4.69) is 31.8 Å². The highest BCUT2D eigenvalue weighted by Crippen LogP contribution is 2.26. The molecule has 0 aromatic carbocycles. The molecule has 86 valence electrons. The fourth-order valence-corrected chi connectivity index (χ4v) is 1.69. The number of pyridine rings is 2. The van der Waals surface area contributed by atoms with Crippen molar-refractivity contribution >= 4 is 27.0 Å². The molecule has 0 atom stereocenters. The number of rotatable bonds is 2. The Morgan fingerprint density at radius 3 is 2.88 bits per heavy atom. The number of ether oxygens (including phenoxy) is 1. The number of halogens is 1. The van der Waals surface area contributed by atoms with Crippen molar-refractivity contribution in [2.24, 2.45) is 0 Å². The Morgan fingerprint density at radius 1 is 1.41 bits per heavy atom. The van der Waals surface area contributed by atoms with E-state index < -0.39 is 5.60 Å². The van der Waals surface area contributed by atoms with E-state index in [-0.39, 0.29) is 0 Å². The van der Waals surface area contributed by atoms with Crippen molar-refractivity contribution in [2.75, 3.05) is 0 Å². The van der Waals surface area contributed by atoms with E-state index in [1.54, 1.807) is 18.5 Å². The molecule has 2 rings (SSSR count). The van der Waals surface area contributed by atoms with Crippen molar-refractivity contribution in [3.63, 3.8) is 0 Å². The first-order chi connectivity index (χ1) is 8.02.